The van der Waals surface area contributed by atoms with Crippen molar-refractivity contribution in [3.8, 4) is 0 Å². The average Bonchev–Trinajstić information content (AvgIpc) is 1.05. The predicted molar refractivity (Wildman–Crippen MR) is 385 cm³/mol. The molecule has 0 bridgehead atoms. The van der Waals surface area contributed by atoms with Gasteiger partial charge in [0.15, 0.2) is 6.29 Å². The second-order valence-corrected chi connectivity index (χ2v) is 27.8. The Morgan fingerprint density at radius 2 is 0.692 bits per heavy atom. The minimum absolute atomic E-state index is 0.247. The van der Waals surface area contributed by atoms with E-state index >= 15 is 0 Å². The highest BCUT2D eigenvalue weighted by Gasteiger charge is 2.44. The van der Waals surface area contributed by atoms with E-state index < -0.39 is 74.2 Å². The molecule has 11 nitrogen and oxygen atoms in total. The maximum atomic E-state index is 13.3. The van der Waals surface area contributed by atoms with E-state index in [1.54, 1.807) is 0 Å². The first-order valence-electron chi connectivity index (χ1n) is 39.5. The summed E-state index contributed by atoms with van der Waals surface area (Å²) in [5, 5.41) is 76.6. The SMILES string of the molecule is CCCCCCCCCCCCCCC/C=C\C/C=C\CCCCCCCCCCCCCCCCCCC(O)C(=O)NC(COC1OC(CO)C(O)C(O)C1O)C(O)C(O)CCC/C=C/CC/C=C/CCCCCCCCCCCCCCCCCCCCC. The molecular weight excluding hydrogens is 1130 g/mol. The molecule has 0 aromatic heterocycles. The maximum Gasteiger partial charge on any atom is 0.249 e. The molecule has 9 unspecified atom stereocenters. The van der Waals surface area contributed by atoms with Crippen molar-refractivity contribution in [2.24, 2.45) is 0 Å². The van der Waals surface area contributed by atoms with Crippen LogP contribution in [0.15, 0.2) is 48.6 Å². The third kappa shape index (κ3) is 54.8. The van der Waals surface area contributed by atoms with Crippen LogP contribution in [0.3, 0.4) is 0 Å². The number of unbranched alkanes of at least 4 members (excludes halogenated alkanes) is 50. The topological polar surface area (TPSA) is 189 Å². The zero-order chi connectivity index (χ0) is 66.0. The summed E-state index contributed by atoms with van der Waals surface area (Å²) in [7, 11) is 0. The van der Waals surface area contributed by atoms with E-state index in [0.29, 0.717) is 19.3 Å². The Balaban J connectivity index is 2.16. The first-order chi connectivity index (χ1) is 44.7. The Bertz CT molecular complexity index is 1620. The summed E-state index contributed by atoms with van der Waals surface area (Å²) in [5.74, 6) is -0.705. The molecule has 0 spiro atoms. The van der Waals surface area contributed by atoms with E-state index in [1.807, 2.05) is 0 Å². The first kappa shape index (κ1) is 87.1. The second-order valence-electron chi connectivity index (χ2n) is 27.8. The summed E-state index contributed by atoms with van der Waals surface area (Å²) in [5.41, 5.74) is 0. The standard InChI is InChI=1S/C80H151NO10/c1-3-5-7-9-11-13-15-17-19-21-23-25-27-29-31-33-34-35-36-37-38-39-40-42-44-46-48-50-52-54-56-58-60-62-64-66-68-73(84)79(89)81-71(70-90-80-78(88)77(87)76(86)74(69-82)91-80)75(85)72(83)67-65-63-61-59-57-55-53-51-49-47-45-43-41-32-30-28-26-24-22-20-18-16-14-12-10-8-6-4-2/h31,33,35-36,51,53,59,61,71-78,80,82-88H,3-30,32,34,37-50,52,54-58,60,62-70H2,1-2H3,(H,81,89)/b33-31-,36-35-,53-51+,61-59+. The Morgan fingerprint density at radius 1 is 0.385 bits per heavy atom. The summed E-state index contributed by atoms with van der Waals surface area (Å²) in [6, 6.07) is -1.19. The molecule has 0 aromatic carbocycles. The Labute approximate surface area is 561 Å². The second kappa shape index (κ2) is 68.0. The van der Waals surface area contributed by atoms with Crippen LogP contribution in [0.25, 0.3) is 0 Å². The molecule has 1 amide bonds. The van der Waals surface area contributed by atoms with Crippen LogP contribution in [0.2, 0.25) is 0 Å². The van der Waals surface area contributed by atoms with Gasteiger partial charge < -0.3 is 50.5 Å². The maximum absolute atomic E-state index is 13.3. The number of rotatable bonds is 70. The molecule has 1 rings (SSSR count). The fourth-order valence-corrected chi connectivity index (χ4v) is 12.8. The van der Waals surface area contributed by atoms with Gasteiger partial charge in [0.05, 0.1) is 25.4 Å². The summed E-state index contributed by atoms with van der Waals surface area (Å²) in [6.45, 7) is 3.50. The number of carbonyl (C=O) groups is 1. The van der Waals surface area contributed by atoms with Gasteiger partial charge in [-0.3, -0.25) is 4.79 Å². The molecule has 1 fully saturated rings. The number of hydrogen-bond donors (Lipinski definition) is 8. The van der Waals surface area contributed by atoms with Gasteiger partial charge in [-0.15, -0.1) is 0 Å². The fourth-order valence-electron chi connectivity index (χ4n) is 12.8. The quantitative estimate of drug-likeness (QED) is 0.0215. The normalized spacial score (nSPS) is 18.6. The number of ether oxygens (including phenoxy) is 2. The number of carbonyl (C=O) groups excluding carboxylic acids is 1. The molecule has 1 aliphatic rings. The predicted octanol–water partition coefficient (Wildman–Crippen LogP) is 20.3. The summed E-state index contributed by atoms with van der Waals surface area (Å²) in [6.07, 6.45) is 79.4. The molecule has 0 aromatic rings. The van der Waals surface area contributed by atoms with Gasteiger partial charge >= 0.3 is 0 Å². The van der Waals surface area contributed by atoms with Gasteiger partial charge in [0, 0.05) is 0 Å². The van der Waals surface area contributed by atoms with Crippen LogP contribution in [0.1, 0.15) is 386 Å². The Hall–Kier alpha value is -1.93. The molecule has 11 heteroatoms. The number of aliphatic hydroxyl groups excluding tert-OH is 7. The van der Waals surface area contributed by atoms with Gasteiger partial charge in [-0.1, -0.05) is 351 Å². The third-order valence-corrected chi connectivity index (χ3v) is 19.1. The van der Waals surface area contributed by atoms with Gasteiger partial charge in [0.25, 0.3) is 0 Å². The molecule has 536 valence electrons. The highest BCUT2D eigenvalue weighted by molar-refractivity contribution is 5.80. The van der Waals surface area contributed by atoms with Crippen LogP contribution in [0.4, 0.5) is 0 Å². The molecule has 1 aliphatic heterocycles. The van der Waals surface area contributed by atoms with Gasteiger partial charge in [-0.05, 0) is 83.5 Å². The van der Waals surface area contributed by atoms with Crippen LogP contribution in [0, 0.1) is 0 Å². The molecule has 0 radical (unpaired) electrons. The summed E-state index contributed by atoms with van der Waals surface area (Å²) in [4.78, 5) is 13.3. The minimum Gasteiger partial charge on any atom is -0.394 e. The molecule has 0 aliphatic carbocycles. The van der Waals surface area contributed by atoms with E-state index in [1.165, 1.54) is 295 Å². The summed E-state index contributed by atoms with van der Waals surface area (Å²) < 4.78 is 11.2. The largest absolute Gasteiger partial charge is 0.394 e. The number of hydrogen-bond acceptors (Lipinski definition) is 10. The van der Waals surface area contributed by atoms with Crippen molar-refractivity contribution >= 4 is 5.91 Å². The van der Waals surface area contributed by atoms with Crippen molar-refractivity contribution in [1.82, 2.24) is 5.32 Å². The van der Waals surface area contributed by atoms with Crippen LogP contribution in [0.5, 0.6) is 0 Å². The van der Waals surface area contributed by atoms with Crippen molar-refractivity contribution in [2.75, 3.05) is 13.2 Å². The third-order valence-electron chi connectivity index (χ3n) is 19.1. The van der Waals surface area contributed by atoms with Gasteiger partial charge in [-0.2, -0.15) is 0 Å². The Morgan fingerprint density at radius 3 is 1.04 bits per heavy atom. The van der Waals surface area contributed by atoms with Gasteiger partial charge in [0.1, 0.15) is 36.6 Å². The zero-order valence-corrected chi connectivity index (χ0v) is 59.6. The first-order valence-corrected chi connectivity index (χ1v) is 39.5. The van der Waals surface area contributed by atoms with E-state index in [-0.39, 0.29) is 12.8 Å². The number of aliphatic hydroxyl groups is 7. The number of allylic oxidation sites excluding steroid dienone is 8. The van der Waals surface area contributed by atoms with Crippen molar-refractivity contribution in [3.63, 3.8) is 0 Å². The Kier molecular flexibility index (Phi) is 65.1. The lowest BCUT2D eigenvalue weighted by Gasteiger charge is -2.40. The number of amides is 1. The molecule has 91 heavy (non-hydrogen) atoms. The van der Waals surface area contributed by atoms with Crippen molar-refractivity contribution in [2.45, 2.75) is 441 Å². The van der Waals surface area contributed by atoms with Crippen molar-refractivity contribution < 1.29 is 50.0 Å². The molecular formula is C80H151NO10. The molecule has 1 saturated heterocycles. The fraction of sp³-hybridized carbons (Fsp3) is 0.887. The molecule has 0 saturated carbocycles. The van der Waals surface area contributed by atoms with Crippen molar-refractivity contribution in [3.05, 3.63) is 48.6 Å². The molecule has 9 atom stereocenters. The van der Waals surface area contributed by atoms with E-state index in [4.69, 9.17) is 9.47 Å². The highest BCUT2D eigenvalue weighted by atomic mass is 16.7. The van der Waals surface area contributed by atoms with Crippen LogP contribution in [-0.4, -0.2) is 110 Å². The highest BCUT2D eigenvalue weighted by Crippen LogP contribution is 2.24. The lowest BCUT2D eigenvalue weighted by molar-refractivity contribution is -0.303. The summed E-state index contributed by atoms with van der Waals surface area (Å²) >= 11 is 0. The van der Waals surface area contributed by atoms with E-state index in [2.05, 4.69) is 67.8 Å². The van der Waals surface area contributed by atoms with Crippen LogP contribution >= 0.6 is 0 Å². The van der Waals surface area contributed by atoms with Crippen molar-refractivity contribution in [1.29, 1.82) is 0 Å². The van der Waals surface area contributed by atoms with Gasteiger partial charge in [0.2, 0.25) is 5.91 Å². The van der Waals surface area contributed by atoms with Crippen LogP contribution < -0.4 is 5.32 Å². The molecule has 8 N–H and O–H groups in total. The molecule has 1 heterocycles. The zero-order valence-electron chi connectivity index (χ0n) is 59.6. The van der Waals surface area contributed by atoms with E-state index in [0.717, 1.165) is 44.9 Å². The number of nitrogens with one attached hydrogen (secondary N) is 1. The van der Waals surface area contributed by atoms with E-state index in [9.17, 15) is 40.5 Å². The lowest BCUT2D eigenvalue weighted by Crippen LogP contribution is -2.60. The van der Waals surface area contributed by atoms with Gasteiger partial charge in [-0.25, -0.2) is 0 Å². The van der Waals surface area contributed by atoms with Crippen LogP contribution in [-0.2, 0) is 14.3 Å². The monoisotopic (exact) mass is 1290 g/mol. The minimum atomic E-state index is -1.67. The lowest BCUT2D eigenvalue weighted by atomic mass is 9.98. The smallest absolute Gasteiger partial charge is 0.249 e. The average molecular weight is 1290 g/mol.